The number of nitrogens with zero attached hydrogens (tertiary/aromatic N) is 3. The van der Waals surface area contributed by atoms with Gasteiger partial charge in [-0.15, -0.1) is 10.2 Å². The molecule has 4 rings (SSSR count). The van der Waals surface area contributed by atoms with Gasteiger partial charge in [0.15, 0.2) is 0 Å². The molecule has 8 heteroatoms. The van der Waals surface area contributed by atoms with E-state index >= 15 is 0 Å². The van der Waals surface area contributed by atoms with Crippen LogP contribution in [0.5, 0.6) is 5.75 Å². The number of benzene rings is 2. The van der Waals surface area contributed by atoms with E-state index < -0.39 is 5.92 Å². The molecule has 31 heavy (non-hydrogen) atoms. The average molecular weight is 437 g/mol. The van der Waals surface area contributed by atoms with Gasteiger partial charge >= 0.3 is 0 Å². The predicted molar refractivity (Wildman–Crippen MR) is 121 cm³/mol. The summed E-state index contributed by atoms with van der Waals surface area (Å²) in [5.74, 6) is 0.251. The number of hydrogen-bond donors (Lipinski definition) is 1. The molecule has 0 aliphatic carbocycles. The van der Waals surface area contributed by atoms with Crippen molar-refractivity contribution in [2.24, 2.45) is 5.92 Å². The van der Waals surface area contributed by atoms with E-state index in [9.17, 15) is 9.59 Å². The molecular formula is C23H24N4O3S. The molecule has 7 nitrogen and oxygen atoms in total. The summed E-state index contributed by atoms with van der Waals surface area (Å²) in [6.07, 6.45) is 0.919. The van der Waals surface area contributed by atoms with Gasteiger partial charge in [-0.2, -0.15) is 0 Å². The topological polar surface area (TPSA) is 84.4 Å². The fraction of sp³-hybridized carbons (Fsp3) is 0.304. The second kappa shape index (κ2) is 9.26. The summed E-state index contributed by atoms with van der Waals surface area (Å²) in [6, 6.07) is 17.5. The number of carbonyl (C=O) groups is 2. The van der Waals surface area contributed by atoms with Gasteiger partial charge in [0.1, 0.15) is 10.8 Å². The highest BCUT2D eigenvalue weighted by Crippen LogP contribution is 2.29. The van der Waals surface area contributed by atoms with E-state index in [1.54, 1.807) is 18.1 Å². The summed E-state index contributed by atoms with van der Waals surface area (Å²) < 4.78 is 5.23. The third kappa shape index (κ3) is 4.91. The van der Waals surface area contributed by atoms with Crippen LogP contribution in [0.25, 0.3) is 0 Å². The number of aromatic nitrogens is 2. The second-order valence-corrected chi connectivity index (χ2v) is 8.68. The first kappa shape index (κ1) is 21.0. The fourth-order valence-electron chi connectivity index (χ4n) is 3.67. The summed E-state index contributed by atoms with van der Waals surface area (Å²) in [6.45, 7) is 2.47. The Kier molecular flexibility index (Phi) is 6.27. The van der Waals surface area contributed by atoms with Gasteiger partial charge in [0.05, 0.1) is 13.0 Å². The van der Waals surface area contributed by atoms with E-state index in [-0.39, 0.29) is 18.2 Å². The summed E-state index contributed by atoms with van der Waals surface area (Å²) in [5, 5.41) is 12.5. The Labute approximate surface area is 185 Å². The maximum Gasteiger partial charge on any atom is 0.231 e. The SMILES string of the molecule is COc1cccc(N2C[C@@H](C(=O)Nc3nnc(C[C@H](C)c4ccccc4)s3)CC2=O)c1. The minimum Gasteiger partial charge on any atom is -0.497 e. The van der Waals surface area contributed by atoms with Crippen LogP contribution in [0.1, 0.15) is 29.8 Å². The van der Waals surface area contributed by atoms with Gasteiger partial charge in [-0.05, 0) is 23.6 Å². The maximum absolute atomic E-state index is 12.7. The molecule has 2 heterocycles. The third-order valence-corrected chi connectivity index (χ3v) is 6.27. The van der Waals surface area contributed by atoms with Crippen LogP contribution in [-0.2, 0) is 16.0 Å². The van der Waals surface area contributed by atoms with Crippen LogP contribution in [0.4, 0.5) is 10.8 Å². The van der Waals surface area contributed by atoms with Crippen molar-refractivity contribution in [1.29, 1.82) is 0 Å². The third-order valence-electron chi connectivity index (χ3n) is 5.41. The summed E-state index contributed by atoms with van der Waals surface area (Å²) in [5.41, 5.74) is 1.97. The molecule has 0 bridgehead atoms. The van der Waals surface area contributed by atoms with E-state index in [1.165, 1.54) is 16.9 Å². The van der Waals surface area contributed by atoms with E-state index in [0.717, 1.165) is 17.1 Å². The molecule has 2 atom stereocenters. The first-order chi connectivity index (χ1) is 15.0. The molecule has 2 amide bonds. The summed E-state index contributed by atoms with van der Waals surface area (Å²) in [4.78, 5) is 26.8. The lowest BCUT2D eigenvalue weighted by Gasteiger charge is -2.17. The van der Waals surface area contributed by atoms with Gasteiger partial charge in [-0.25, -0.2) is 0 Å². The van der Waals surface area contributed by atoms with Crippen LogP contribution in [0.3, 0.4) is 0 Å². The lowest BCUT2D eigenvalue weighted by molar-refractivity contribution is -0.122. The van der Waals surface area contributed by atoms with Crippen molar-refractivity contribution in [3.63, 3.8) is 0 Å². The predicted octanol–water partition coefficient (Wildman–Crippen LogP) is 3.88. The normalized spacial score (nSPS) is 16.9. The molecule has 2 aromatic carbocycles. The quantitative estimate of drug-likeness (QED) is 0.608. The molecule has 0 unspecified atom stereocenters. The molecule has 3 aromatic rings. The van der Waals surface area contributed by atoms with Crippen LogP contribution < -0.4 is 15.0 Å². The zero-order valence-corrected chi connectivity index (χ0v) is 18.3. The van der Waals surface area contributed by atoms with Crippen LogP contribution in [0.2, 0.25) is 0 Å². The van der Waals surface area contributed by atoms with Gasteiger partial charge in [-0.1, -0.05) is 54.7 Å². The highest BCUT2D eigenvalue weighted by molar-refractivity contribution is 7.15. The van der Waals surface area contributed by atoms with Gasteiger partial charge in [0, 0.05) is 31.1 Å². The minimum absolute atomic E-state index is 0.0805. The Morgan fingerprint density at radius 1 is 1.23 bits per heavy atom. The lowest BCUT2D eigenvalue weighted by Crippen LogP contribution is -2.28. The number of hydrogen-bond acceptors (Lipinski definition) is 6. The molecule has 1 aliphatic heterocycles. The van der Waals surface area contributed by atoms with Crippen molar-refractivity contribution in [2.45, 2.75) is 25.7 Å². The Balaban J connectivity index is 1.36. The lowest BCUT2D eigenvalue weighted by atomic mass is 9.98. The summed E-state index contributed by atoms with van der Waals surface area (Å²) >= 11 is 1.38. The number of anilines is 2. The molecule has 0 saturated carbocycles. The monoisotopic (exact) mass is 436 g/mol. The Morgan fingerprint density at radius 3 is 2.81 bits per heavy atom. The number of ether oxygens (including phenoxy) is 1. The highest BCUT2D eigenvalue weighted by atomic mass is 32.1. The molecule has 1 aliphatic rings. The number of rotatable bonds is 7. The molecule has 1 N–H and O–H groups in total. The molecule has 1 fully saturated rings. The van der Waals surface area contributed by atoms with Crippen molar-refractivity contribution in [3.8, 4) is 5.75 Å². The first-order valence-corrected chi connectivity index (χ1v) is 11.0. The fourth-order valence-corrected chi connectivity index (χ4v) is 4.54. The Bertz CT molecular complexity index is 1070. The number of nitrogens with one attached hydrogen (secondary N) is 1. The zero-order chi connectivity index (χ0) is 21.8. The molecule has 1 aromatic heterocycles. The average Bonchev–Trinajstić information content (AvgIpc) is 3.40. The number of methoxy groups -OCH3 is 1. The van der Waals surface area contributed by atoms with Crippen LogP contribution in [0, 0.1) is 5.92 Å². The minimum atomic E-state index is -0.436. The molecule has 160 valence electrons. The maximum atomic E-state index is 12.7. The van der Waals surface area contributed by atoms with Crippen molar-refractivity contribution >= 4 is 34.0 Å². The summed E-state index contributed by atoms with van der Waals surface area (Å²) in [7, 11) is 1.58. The van der Waals surface area contributed by atoms with Crippen molar-refractivity contribution < 1.29 is 14.3 Å². The Morgan fingerprint density at radius 2 is 2.03 bits per heavy atom. The number of carbonyl (C=O) groups excluding carboxylic acids is 2. The molecular weight excluding hydrogens is 412 g/mol. The van der Waals surface area contributed by atoms with Gasteiger partial charge in [-0.3, -0.25) is 9.59 Å². The van der Waals surface area contributed by atoms with Crippen LogP contribution in [0.15, 0.2) is 54.6 Å². The van der Waals surface area contributed by atoms with Crippen LogP contribution in [-0.4, -0.2) is 35.7 Å². The second-order valence-electron chi connectivity index (χ2n) is 7.61. The van der Waals surface area contributed by atoms with Gasteiger partial charge in [0.25, 0.3) is 0 Å². The van der Waals surface area contributed by atoms with E-state index in [4.69, 9.17) is 4.74 Å². The van der Waals surface area contributed by atoms with Crippen molar-refractivity contribution in [3.05, 3.63) is 65.2 Å². The smallest absolute Gasteiger partial charge is 0.231 e. The van der Waals surface area contributed by atoms with Gasteiger partial charge in [0.2, 0.25) is 16.9 Å². The zero-order valence-electron chi connectivity index (χ0n) is 17.4. The van der Waals surface area contributed by atoms with Crippen molar-refractivity contribution in [2.75, 3.05) is 23.9 Å². The van der Waals surface area contributed by atoms with E-state index in [1.807, 2.05) is 36.4 Å². The van der Waals surface area contributed by atoms with Crippen molar-refractivity contribution in [1.82, 2.24) is 10.2 Å². The standard InChI is InChI=1S/C23H24N4O3S/c1-15(16-7-4-3-5-8-16)11-20-25-26-23(31-20)24-22(29)17-12-21(28)27(14-17)18-9-6-10-19(13-18)30-2/h3-10,13,15,17H,11-12,14H2,1-2H3,(H,24,26,29)/t15-,17-/m0/s1. The van der Waals surface area contributed by atoms with E-state index in [2.05, 4.69) is 34.6 Å². The molecule has 1 saturated heterocycles. The first-order valence-electron chi connectivity index (χ1n) is 10.2. The molecule has 0 spiro atoms. The largest absolute Gasteiger partial charge is 0.497 e. The van der Waals surface area contributed by atoms with Crippen LogP contribution >= 0.6 is 11.3 Å². The highest BCUT2D eigenvalue weighted by Gasteiger charge is 2.35. The van der Waals surface area contributed by atoms with E-state index in [0.29, 0.717) is 23.3 Å². The van der Waals surface area contributed by atoms with Gasteiger partial charge < -0.3 is 15.0 Å². The number of amides is 2. The Hall–Kier alpha value is -3.26. The molecule has 0 radical (unpaired) electrons.